The third-order valence-corrected chi connectivity index (χ3v) is 3.78. The van der Waals surface area contributed by atoms with E-state index >= 15 is 0 Å². The Labute approximate surface area is 110 Å². The Kier molecular flexibility index (Phi) is 4.75. The number of benzene rings is 1. The number of hydrogen-bond donors (Lipinski definition) is 1. The molecule has 1 aliphatic rings. The first-order valence-electron chi connectivity index (χ1n) is 6.80. The number of aliphatic hydroxyl groups is 1. The summed E-state index contributed by atoms with van der Waals surface area (Å²) in [4.78, 5) is 4.80. The third-order valence-electron chi connectivity index (χ3n) is 3.78. The summed E-state index contributed by atoms with van der Waals surface area (Å²) in [6.45, 7) is 7.58. The van der Waals surface area contributed by atoms with E-state index in [1.165, 1.54) is 5.56 Å². The molecule has 1 atom stereocenters. The van der Waals surface area contributed by atoms with E-state index < -0.39 is 0 Å². The molecule has 0 saturated carbocycles. The second-order valence-electron chi connectivity index (χ2n) is 5.36. The van der Waals surface area contributed by atoms with Crippen LogP contribution in [-0.2, 0) is 0 Å². The van der Waals surface area contributed by atoms with Gasteiger partial charge in [0.2, 0.25) is 0 Å². The van der Waals surface area contributed by atoms with E-state index in [0.717, 1.165) is 44.7 Å². The quantitative estimate of drug-likeness (QED) is 0.878. The minimum Gasteiger partial charge on any atom is -0.388 e. The molecule has 0 bridgehead atoms. The summed E-state index contributed by atoms with van der Waals surface area (Å²) in [5.74, 6) is 0. The zero-order valence-electron chi connectivity index (χ0n) is 11.5. The van der Waals surface area contributed by atoms with Crippen LogP contribution in [-0.4, -0.2) is 54.7 Å². The van der Waals surface area contributed by atoms with Crippen LogP contribution in [0.3, 0.4) is 0 Å². The fourth-order valence-corrected chi connectivity index (χ4v) is 2.33. The highest BCUT2D eigenvalue weighted by atomic mass is 16.3. The Morgan fingerprint density at radius 1 is 1.11 bits per heavy atom. The molecule has 1 aromatic rings. The minimum absolute atomic E-state index is 0.328. The summed E-state index contributed by atoms with van der Waals surface area (Å²) in [6.07, 6.45) is 0.498. The average Bonchev–Trinajstić information content (AvgIpc) is 2.38. The minimum atomic E-state index is -0.328. The summed E-state index contributed by atoms with van der Waals surface area (Å²) >= 11 is 0. The standard InChI is InChI=1S/C15H24N2O/c1-13-3-5-14(6-4-13)15(18)7-8-17-11-9-16(2)10-12-17/h3-6,15,18H,7-12H2,1-2H3. The lowest BCUT2D eigenvalue weighted by Gasteiger charge is -2.32. The molecule has 1 unspecified atom stereocenters. The topological polar surface area (TPSA) is 26.7 Å². The molecule has 3 heteroatoms. The predicted molar refractivity (Wildman–Crippen MR) is 74.7 cm³/mol. The van der Waals surface area contributed by atoms with Gasteiger partial charge < -0.3 is 14.9 Å². The van der Waals surface area contributed by atoms with E-state index in [0.29, 0.717) is 0 Å². The Hall–Kier alpha value is -0.900. The zero-order chi connectivity index (χ0) is 13.0. The van der Waals surface area contributed by atoms with Crippen molar-refractivity contribution in [2.45, 2.75) is 19.4 Å². The molecule has 3 nitrogen and oxygen atoms in total. The van der Waals surface area contributed by atoms with Gasteiger partial charge in [0.1, 0.15) is 0 Å². The zero-order valence-corrected chi connectivity index (χ0v) is 11.5. The SMILES string of the molecule is Cc1ccc(C(O)CCN2CCN(C)CC2)cc1. The molecule has 1 aliphatic heterocycles. The van der Waals surface area contributed by atoms with Crippen molar-refractivity contribution in [2.75, 3.05) is 39.8 Å². The summed E-state index contributed by atoms with van der Waals surface area (Å²) in [7, 11) is 2.17. The van der Waals surface area contributed by atoms with E-state index in [1.807, 2.05) is 12.1 Å². The molecule has 0 aliphatic carbocycles. The number of likely N-dealkylation sites (N-methyl/N-ethyl adjacent to an activating group) is 1. The molecular formula is C15H24N2O. The summed E-state index contributed by atoms with van der Waals surface area (Å²) in [6, 6.07) is 8.19. The maximum atomic E-state index is 10.2. The van der Waals surface area contributed by atoms with E-state index in [4.69, 9.17) is 0 Å². The Bertz CT molecular complexity index is 355. The van der Waals surface area contributed by atoms with Crippen molar-refractivity contribution in [1.29, 1.82) is 0 Å². The van der Waals surface area contributed by atoms with Crippen molar-refractivity contribution in [2.24, 2.45) is 0 Å². The largest absolute Gasteiger partial charge is 0.388 e. The number of aliphatic hydroxyl groups excluding tert-OH is 1. The van der Waals surface area contributed by atoms with Crippen LogP contribution >= 0.6 is 0 Å². The third kappa shape index (κ3) is 3.80. The molecule has 0 radical (unpaired) electrons. The van der Waals surface area contributed by atoms with Gasteiger partial charge in [-0.3, -0.25) is 0 Å². The van der Waals surface area contributed by atoms with Crippen LogP contribution in [0, 0.1) is 6.92 Å². The number of aryl methyl sites for hydroxylation is 1. The number of hydrogen-bond acceptors (Lipinski definition) is 3. The van der Waals surface area contributed by atoms with Gasteiger partial charge in [-0.1, -0.05) is 29.8 Å². The lowest BCUT2D eigenvalue weighted by Crippen LogP contribution is -2.44. The van der Waals surface area contributed by atoms with Crippen molar-refractivity contribution in [1.82, 2.24) is 9.80 Å². The van der Waals surface area contributed by atoms with Crippen molar-refractivity contribution >= 4 is 0 Å². The van der Waals surface area contributed by atoms with Gasteiger partial charge in [0.05, 0.1) is 6.10 Å². The molecule has 1 aromatic carbocycles. The van der Waals surface area contributed by atoms with Crippen LogP contribution in [0.15, 0.2) is 24.3 Å². The Morgan fingerprint density at radius 3 is 2.33 bits per heavy atom. The Morgan fingerprint density at radius 2 is 1.72 bits per heavy atom. The monoisotopic (exact) mass is 248 g/mol. The number of piperazine rings is 1. The van der Waals surface area contributed by atoms with Gasteiger partial charge in [-0.15, -0.1) is 0 Å². The predicted octanol–water partition coefficient (Wildman–Crippen LogP) is 1.67. The van der Waals surface area contributed by atoms with Gasteiger partial charge in [-0.2, -0.15) is 0 Å². The molecule has 2 rings (SSSR count). The van der Waals surface area contributed by atoms with Crippen molar-refractivity contribution in [3.8, 4) is 0 Å². The second-order valence-corrected chi connectivity index (χ2v) is 5.36. The lowest BCUT2D eigenvalue weighted by molar-refractivity contribution is 0.113. The number of rotatable bonds is 4. The first-order valence-corrected chi connectivity index (χ1v) is 6.80. The summed E-state index contributed by atoms with van der Waals surface area (Å²) in [5.41, 5.74) is 2.28. The number of nitrogens with zero attached hydrogens (tertiary/aromatic N) is 2. The van der Waals surface area contributed by atoms with Crippen LogP contribution in [0.5, 0.6) is 0 Å². The van der Waals surface area contributed by atoms with Gasteiger partial charge in [-0.25, -0.2) is 0 Å². The Balaban J connectivity index is 1.77. The van der Waals surface area contributed by atoms with Crippen molar-refractivity contribution < 1.29 is 5.11 Å². The molecule has 1 fully saturated rings. The maximum absolute atomic E-state index is 10.2. The first kappa shape index (κ1) is 13.5. The molecule has 1 N–H and O–H groups in total. The highest BCUT2D eigenvalue weighted by Crippen LogP contribution is 2.17. The van der Waals surface area contributed by atoms with Gasteiger partial charge >= 0.3 is 0 Å². The van der Waals surface area contributed by atoms with Crippen LogP contribution in [0.2, 0.25) is 0 Å². The maximum Gasteiger partial charge on any atom is 0.0802 e. The van der Waals surface area contributed by atoms with E-state index in [1.54, 1.807) is 0 Å². The van der Waals surface area contributed by atoms with Gasteiger partial charge in [0.15, 0.2) is 0 Å². The fraction of sp³-hybridized carbons (Fsp3) is 0.600. The second kappa shape index (κ2) is 6.32. The van der Waals surface area contributed by atoms with Gasteiger partial charge in [0, 0.05) is 32.7 Å². The molecule has 0 amide bonds. The van der Waals surface area contributed by atoms with E-state index in [9.17, 15) is 5.11 Å². The molecule has 100 valence electrons. The van der Waals surface area contributed by atoms with Crippen LogP contribution in [0.25, 0.3) is 0 Å². The van der Waals surface area contributed by atoms with Gasteiger partial charge in [0.25, 0.3) is 0 Å². The highest BCUT2D eigenvalue weighted by molar-refractivity contribution is 5.22. The van der Waals surface area contributed by atoms with Crippen LogP contribution in [0.1, 0.15) is 23.7 Å². The van der Waals surface area contributed by atoms with E-state index in [2.05, 4.69) is 35.9 Å². The fourth-order valence-electron chi connectivity index (χ4n) is 2.33. The smallest absolute Gasteiger partial charge is 0.0802 e. The van der Waals surface area contributed by atoms with Gasteiger partial charge in [-0.05, 0) is 26.0 Å². The average molecular weight is 248 g/mol. The summed E-state index contributed by atoms with van der Waals surface area (Å²) in [5, 5.41) is 10.2. The molecule has 18 heavy (non-hydrogen) atoms. The molecule has 0 spiro atoms. The molecule has 1 saturated heterocycles. The normalized spacial score (nSPS) is 19.9. The van der Waals surface area contributed by atoms with Crippen molar-refractivity contribution in [3.63, 3.8) is 0 Å². The highest BCUT2D eigenvalue weighted by Gasteiger charge is 2.15. The first-order chi connectivity index (χ1) is 8.65. The lowest BCUT2D eigenvalue weighted by atomic mass is 10.0. The summed E-state index contributed by atoms with van der Waals surface area (Å²) < 4.78 is 0. The molecular weight excluding hydrogens is 224 g/mol. The molecule has 0 aromatic heterocycles. The van der Waals surface area contributed by atoms with Crippen LogP contribution in [0.4, 0.5) is 0 Å². The van der Waals surface area contributed by atoms with E-state index in [-0.39, 0.29) is 6.10 Å². The van der Waals surface area contributed by atoms with Crippen LogP contribution < -0.4 is 0 Å². The van der Waals surface area contributed by atoms with Crippen molar-refractivity contribution in [3.05, 3.63) is 35.4 Å². The molecule has 1 heterocycles.